The van der Waals surface area contributed by atoms with Gasteiger partial charge in [0.1, 0.15) is 11.3 Å². The fourth-order valence-electron chi connectivity index (χ4n) is 2.19. The van der Waals surface area contributed by atoms with Crippen molar-refractivity contribution < 1.29 is 14.0 Å². The third-order valence-electron chi connectivity index (χ3n) is 3.23. The third kappa shape index (κ3) is 2.42. The largest absolute Gasteiger partial charge is 0.449 e. The number of furan rings is 1. The molecule has 0 atom stereocenters. The molecule has 110 valence electrons. The Kier molecular flexibility index (Phi) is 3.34. The number of rotatable bonds is 3. The lowest BCUT2D eigenvalue weighted by Gasteiger charge is -2.04. The lowest BCUT2D eigenvalue weighted by molar-refractivity contribution is 0.0977. The third-order valence-corrected chi connectivity index (χ3v) is 3.23. The lowest BCUT2D eigenvalue weighted by Crippen LogP contribution is -2.17. The van der Waals surface area contributed by atoms with Crippen LogP contribution in [0.5, 0.6) is 0 Å². The molecule has 6 nitrogen and oxygen atoms in total. The van der Waals surface area contributed by atoms with E-state index < -0.39 is 5.91 Å². The first kappa shape index (κ1) is 13.8. The molecular formula is C16H13N3O3. The number of pyridine rings is 1. The van der Waals surface area contributed by atoms with E-state index in [1.165, 1.54) is 6.20 Å². The lowest BCUT2D eigenvalue weighted by atomic mass is 10.1. The van der Waals surface area contributed by atoms with Gasteiger partial charge in [-0.2, -0.15) is 0 Å². The zero-order valence-corrected chi connectivity index (χ0v) is 11.8. The Bertz CT molecular complexity index is 869. The number of nitrogens with two attached hydrogens (primary N) is 1. The Morgan fingerprint density at radius 2 is 2.09 bits per heavy atom. The van der Waals surface area contributed by atoms with Crippen LogP contribution in [-0.2, 0) is 0 Å². The maximum absolute atomic E-state index is 12.3. The minimum absolute atomic E-state index is 0.0714. The number of aryl methyl sites for hydroxylation is 1. The molecule has 0 aliphatic carbocycles. The molecule has 0 aliphatic heterocycles. The normalized spacial score (nSPS) is 10.6. The number of carbonyl (C=O) groups is 2. The first-order chi connectivity index (χ1) is 10.6. The Labute approximate surface area is 125 Å². The summed E-state index contributed by atoms with van der Waals surface area (Å²) in [6.07, 6.45) is 3.01. The van der Waals surface area contributed by atoms with Crippen molar-refractivity contribution in [2.45, 2.75) is 6.92 Å². The zero-order valence-electron chi connectivity index (χ0n) is 11.8. The van der Waals surface area contributed by atoms with Crippen LogP contribution in [0.3, 0.4) is 0 Å². The van der Waals surface area contributed by atoms with Gasteiger partial charge in [0.05, 0.1) is 5.56 Å². The van der Waals surface area contributed by atoms with Crippen LogP contribution in [0.15, 0.2) is 47.1 Å². The summed E-state index contributed by atoms with van der Waals surface area (Å²) in [5, 5.41) is 3.32. The van der Waals surface area contributed by atoms with E-state index in [0.29, 0.717) is 16.5 Å². The van der Waals surface area contributed by atoms with Crippen LogP contribution < -0.4 is 11.1 Å². The minimum Gasteiger partial charge on any atom is -0.449 e. The van der Waals surface area contributed by atoms with Crippen molar-refractivity contribution in [3.63, 3.8) is 0 Å². The Morgan fingerprint density at radius 1 is 1.27 bits per heavy atom. The van der Waals surface area contributed by atoms with Gasteiger partial charge in [0.25, 0.3) is 11.8 Å². The monoisotopic (exact) mass is 295 g/mol. The summed E-state index contributed by atoms with van der Waals surface area (Å²) in [5.41, 5.74) is 7.45. The summed E-state index contributed by atoms with van der Waals surface area (Å²) in [4.78, 5) is 27.7. The van der Waals surface area contributed by atoms with Gasteiger partial charge in [-0.1, -0.05) is 11.6 Å². The number of nitrogens with one attached hydrogen (secondary N) is 1. The highest BCUT2D eigenvalue weighted by Crippen LogP contribution is 2.31. The fourth-order valence-corrected chi connectivity index (χ4v) is 2.19. The summed E-state index contributed by atoms with van der Waals surface area (Å²) in [5.74, 6) is -1.20. The summed E-state index contributed by atoms with van der Waals surface area (Å²) in [6.45, 7) is 1.91. The summed E-state index contributed by atoms with van der Waals surface area (Å²) in [7, 11) is 0. The molecule has 1 aromatic carbocycles. The van der Waals surface area contributed by atoms with Crippen molar-refractivity contribution in [3.8, 4) is 0 Å². The molecule has 0 unspecified atom stereocenters. The molecule has 2 heterocycles. The van der Waals surface area contributed by atoms with Gasteiger partial charge >= 0.3 is 0 Å². The van der Waals surface area contributed by atoms with Gasteiger partial charge in [0, 0.05) is 17.8 Å². The molecule has 22 heavy (non-hydrogen) atoms. The van der Waals surface area contributed by atoms with Crippen LogP contribution in [0.25, 0.3) is 11.0 Å². The van der Waals surface area contributed by atoms with Gasteiger partial charge < -0.3 is 15.5 Å². The van der Waals surface area contributed by atoms with Crippen molar-refractivity contribution >= 4 is 28.5 Å². The maximum atomic E-state index is 12.3. The zero-order chi connectivity index (χ0) is 15.7. The van der Waals surface area contributed by atoms with Gasteiger partial charge in [0.2, 0.25) is 5.76 Å². The standard InChI is InChI=1S/C16H13N3O3/c1-9-4-5-12-11(7-9)13(14(22-12)15(17)20)19-16(21)10-3-2-6-18-8-10/h2-8H,1H3,(H2,17,20)(H,19,21). The highest BCUT2D eigenvalue weighted by Gasteiger charge is 2.21. The second kappa shape index (κ2) is 5.33. The summed E-state index contributed by atoms with van der Waals surface area (Å²) < 4.78 is 5.45. The number of anilines is 1. The van der Waals surface area contributed by atoms with Crippen molar-refractivity contribution in [1.82, 2.24) is 4.98 Å². The molecule has 0 aliphatic rings. The van der Waals surface area contributed by atoms with Gasteiger partial charge in [-0.05, 0) is 31.2 Å². The fraction of sp³-hybridized carbons (Fsp3) is 0.0625. The maximum Gasteiger partial charge on any atom is 0.286 e. The van der Waals surface area contributed by atoms with Crippen LogP contribution in [0.2, 0.25) is 0 Å². The molecule has 0 saturated heterocycles. The summed E-state index contributed by atoms with van der Waals surface area (Å²) in [6, 6.07) is 8.69. The molecule has 2 amide bonds. The molecule has 2 aromatic heterocycles. The van der Waals surface area contributed by atoms with E-state index in [9.17, 15) is 9.59 Å². The van der Waals surface area contributed by atoms with E-state index in [-0.39, 0.29) is 17.4 Å². The van der Waals surface area contributed by atoms with Crippen LogP contribution >= 0.6 is 0 Å². The van der Waals surface area contributed by atoms with Gasteiger partial charge in [-0.15, -0.1) is 0 Å². The molecular weight excluding hydrogens is 282 g/mol. The van der Waals surface area contributed by atoms with Gasteiger partial charge in [-0.25, -0.2) is 0 Å². The molecule has 3 rings (SSSR count). The van der Waals surface area contributed by atoms with Gasteiger partial charge in [-0.3, -0.25) is 14.6 Å². The number of hydrogen-bond donors (Lipinski definition) is 2. The molecule has 6 heteroatoms. The number of aromatic nitrogens is 1. The van der Waals surface area contributed by atoms with E-state index in [1.54, 1.807) is 24.4 Å². The first-order valence-electron chi connectivity index (χ1n) is 6.60. The van der Waals surface area contributed by atoms with Crippen LogP contribution in [0.1, 0.15) is 26.5 Å². The molecule has 0 bridgehead atoms. The molecule has 0 radical (unpaired) electrons. The highest BCUT2D eigenvalue weighted by molar-refractivity contribution is 6.14. The number of nitrogens with zero attached hydrogens (tertiary/aromatic N) is 1. The SMILES string of the molecule is Cc1ccc2oc(C(N)=O)c(NC(=O)c3cccnc3)c2c1. The van der Waals surface area contributed by atoms with Gasteiger partial charge in [0.15, 0.2) is 0 Å². The number of benzene rings is 1. The number of fused-ring (bicyclic) bond motifs is 1. The minimum atomic E-state index is -0.740. The van der Waals surface area contributed by atoms with Crippen molar-refractivity contribution in [2.75, 3.05) is 5.32 Å². The van der Waals surface area contributed by atoms with Crippen molar-refractivity contribution in [2.24, 2.45) is 5.73 Å². The number of amides is 2. The molecule has 0 fully saturated rings. The van der Waals surface area contributed by atoms with Crippen LogP contribution in [0.4, 0.5) is 5.69 Å². The summed E-state index contributed by atoms with van der Waals surface area (Å²) >= 11 is 0. The van der Waals surface area contributed by atoms with Crippen LogP contribution in [0, 0.1) is 6.92 Å². The van der Waals surface area contributed by atoms with E-state index >= 15 is 0 Å². The van der Waals surface area contributed by atoms with E-state index in [4.69, 9.17) is 10.2 Å². The molecule has 3 N–H and O–H groups in total. The average Bonchev–Trinajstić information content (AvgIpc) is 2.86. The topological polar surface area (TPSA) is 98.2 Å². The number of primary amides is 1. The number of hydrogen-bond acceptors (Lipinski definition) is 4. The Hall–Kier alpha value is -3.15. The van der Waals surface area contributed by atoms with Crippen molar-refractivity contribution in [3.05, 3.63) is 59.6 Å². The van der Waals surface area contributed by atoms with Crippen molar-refractivity contribution in [1.29, 1.82) is 0 Å². The van der Waals surface area contributed by atoms with E-state index in [0.717, 1.165) is 5.56 Å². The highest BCUT2D eigenvalue weighted by atomic mass is 16.3. The van der Waals surface area contributed by atoms with Crippen LogP contribution in [-0.4, -0.2) is 16.8 Å². The molecule has 0 saturated carbocycles. The predicted molar refractivity (Wildman–Crippen MR) is 81.7 cm³/mol. The van der Waals surface area contributed by atoms with E-state index in [1.807, 2.05) is 19.1 Å². The van der Waals surface area contributed by atoms with E-state index in [2.05, 4.69) is 10.3 Å². The Morgan fingerprint density at radius 3 is 2.77 bits per heavy atom. The second-order valence-electron chi connectivity index (χ2n) is 4.87. The quantitative estimate of drug-likeness (QED) is 0.775. The molecule has 0 spiro atoms. The first-order valence-corrected chi connectivity index (χ1v) is 6.60. The number of carbonyl (C=O) groups excluding carboxylic acids is 2. The smallest absolute Gasteiger partial charge is 0.286 e. The molecule has 3 aromatic rings. The second-order valence-corrected chi connectivity index (χ2v) is 4.87. The predicted octanol–water partition coefficient (Wildman–Crippen LogP) is 2.49. The average molecular weight is 295 g/mol. The Balaban J connectivity index is 2.09.